The van der Waals surface area contributed by atoms with Gasteiger partial charge in [-0.15, -0.1) is 0 Å². The molecule has 1 aliphatic carbocycles. The zero-order valence-electron chi connectivity index (χ0n) is 9.59. The summed E-state index contributed by atoms with van der Waals surface area (Å²) < 4.78 is 26.6. The standard InChI is InChI=1S/C11H17N3O2S/c12-10-5-6-13-8-11(10)17(15,16)14-7-9-3-1-2-4-9/h5-6,8-9,14H,1-4,7H2,(H2,12,13). The Hall–Kier alpha value is -1.14. The number of aromatic nitrogens is 1. The zero-order chi connectivity index (χ0) is 12.3. The minimum atomic E-state index is -3.52. The van der Waals surface area contributed by atoms with Gasteiger partial charge in [0.25, 0.3) is 0 Å². The first kappa shape index (κ1) is 12.3. The Kier molecular flexibility index (Phi) is 3.63. The first-order valence-corrected chi connectivity index (χ1v) is 7.27. The van der Waals surface area contributed by atoms with Crippen molar-refractivity contribution in [1.82, 2.24) is 9.71 Å². The van der Waals surface area contributed by atoms with Gasteiger partial charge in [-0.25, -0.2) is 13.1 Å². The summed E-state index contributed by atoms with van der Waals surface area (Å²) in [6.07, 6.45) is 7.36. The normalized spacial score (nSPS) is 17.4. The van der Waals surface area contributed by atoms with E-state index in [1.54, 1.807) is 0 Å². The lowest BCUT2D eigenvalue weighted by Gasteiger charge is -2.12. The lowest BCUT2D eigenvalue weighted by molar-refractivity contribution is 0.519. The molecule has 1 aromatic heterocycles. The van der Waals surface area contributed by atoms with Crippen LogP contribution in [0.15, 0.2) is 23.4 Å². The molecule has 0 amide bonds. The van der Waals surface area contributed by atoms with Gasteiger partial charge in [-0.05, 0) is 24.8 Å². The quantitative estimate of drug-likeness (QED) is 0.844. The molecular formula is C11H17N3O2S. The highest BCUT2D eigenvalue weighted by Gasteiger charge is 2.21. The maximum Gasteiger partial charge on any atom is 0.244 e. The van der Waals surface area contributed by atoms with Crippen LogP contribution in [0.25, 0.3) is 0 Å². The highest BCUT2D eigenvalue weighted by atomic mass is 32.2. The highest BCUT2D eigenvalue weighted by molar-refractivity contribution is 7.89. The summed E-state index contributed by atoms with van der Waals surface area (Å²) in [6.45, 7) is 0.497. The van der Waals surface area contributed by atoms with E-state index >= 15 is 0 Å². The van der Waals surface area contributed by atoms with Gasteiger partial charge in [0.1, 0.15) is 4.90 Å². The van der Waals surface area contributed by atoms with Crippen molar-refractivity contribution >= 4 is 15.7 Å². The van der Waals surface area contributed by atoms with Crippen LogP contribution in [0.5, 0.6) is 0 Å². The van der Waals surface area contributed by atoms with Gasteiger partial charge in [0.2, 0.25) is 10.0 Å². The summed E-state index contributed by atoms with van der Waals surface area (Å²) in [4.78, 5) is 3.86. The number of nitrogens with zero attached hydrogens (tertiary/aromatic N) is 1. The Morgan fingerprint density at radius 3 is 2.76 bits per heavy atom. The molecule has 1 aliphatic rings. The maximum atomic E-state index is 12.0. The van der Waals surface area contributed by atoms with E-state index in [1.807, 2.05) is 0 Å². The highest BCUT2D eigenvalue weighted by Crippen LogP contribution is 2.24. The van der Waals surface area contributed by atoms with Gasteiger partial charge in [0, 0.05) is 18.9 Å². The Morgan fingerprint density at radius 2 is 2.12 bits per heavy atom. The third-order valence-electron chi connectivity index (χ3n) is 3.14. The largest absolute Gasteiger partial charge is 0.398 e. The number of pyridine rings is 1. The molecule has 3 N–H and O–H groups in total. The lowest BCUT2D eigenvalue weighted by Crippen LogP contribution is -2.29. The number of hydrogen-bond donors (Lipinski definition) is 2. The Labute approximate surface area is 101 Å². The molecule has 5 nitrogen and oxygen atoms in total. The number of nitrogen functional groups attached to an aromatic ring is 1. The second-order valence-corrected chi connectivity index (χ2v) is 6.15. The van der Waals surface area contributed by atoms with E-state index < -0.39 is 10.0 Å². The molecule has 1 heterocycles. The van der Waals surface area contributed by atoms with Crippen LogP contribution < -0.4 is 10.5 Å². The van der Waals surface area contributed by atoms with Gasteiger partial charge in [-0.2, -0.15) is 0 Å². The summed E-state index contributed by atoms with van der Waals surface area (Å²) in [5.74, 6) is 0.461. The zero-order valence-corrected chi connectivity index (χ0v) is 10.4. The van der Waals surface area contributed by atoms with Crippen molar-refractivity contribution in [3.05, 3.63) is 18.5 Å². The fourth-order valence-electron chi connectivity index (χ4n) is 2.14. The van der Waals surface area contributed by atoms with Crippen molar-refractivity contribution in [2.75, 3.05) is 12.3 Å². The fourth-order valence-corrected chi connectivity index (χ4v) is 3.32. The van der Waals surface area contributed by atoms with Crippen LogP contribution in [0.1, 0.15) is 25.7 Å². The first-order chi connectivity index (χ1) is 8.09. The molecule has 2 rings (SSSR count). The molecule has 0 saturated heterocycles. The minimum Gasteiger partial charge on any atom is -0.398 e. The predicted octanol–water partition coefficient (Wildman–Crippen LogP) is 1.13. The van der Waals surface area contributed by atoms with Crippen LogP contribution in [0.2, 0.25) is 0 Å². The van der Waals surface area contributed by atoms with E-state index in [-0.39, 0.29) is 10.6 Å². The molecule has 17 heavy (non-hydrogen) atoms. The first-order valence-electron chi connectivity index (χ1n) is 5.79. The van der Waals surface area contributed by atoms with Gasteiger partial charge < -0.3 is 5.73 Å². The van der Waals surface area contributed by atoms with Crippen molar-refractivity contribution in [3.63, 3.8) is 0 Å². The van der Waals surface area contributed by atoms with Crippen LogP contribution >= 0.6 is 0 Å². The van der Waals surface area contributed by atoms with Crippen molar-refractivity contribution in [1.29, 1.82) is 0 Å². The molecular weight excluding hydrogens is 238 g/mol. The molecule has 6 heteroatoms. The van der Waals surface area contributed by atoms with E-state index in [0.717, 1.165) is 12.8 Å². The van der Waals surface area contributed by atoms with Gasteiger partial charge in [0.15, 0.2) is 0 Å². The van der Waals surface area contributed by atoms with Gasteiger partial charge in [0.05, 0.1) is 5.69 Å². The van der Waals surface area contributed by atoms with Crippen LogP contribution in [-0.2, 0) is 10.0 Å². The third-order valence-corrected chi connectivity index (χ3v) is 4.61. The molecule has 1 saturated carbocycles. The summed E-state index contributed by atoms with van der Waals surface area (Å²) in [5.41, 5.74) is 5.87. The van der Waals surface area contributed by atoms with Crippen LogP contribution in [-0.4, -0.2) is 19.9 Å². The topological polar surface area (TPSA) is 85.1 Å². The monoisotopic (exact) mass is 255 g/mol. The van der Waals surface area contributed by atoms with Crippen molar-refractivity contribution in [3.8, 4) is 0 Å². The summed E-state index contributed by atoms with van der Waals surface area (Å²) in [5, 5.41) is 0. The second kappa shape index (κ2) is 5.01. The fraction of sp³-hybridized carbons (Fsp3) is 0.545. The number of anilines is 1. The smallest absolute Gasteiger partial charge is 0.244 e. The number of hydrogen-bond acceptors (Lipinski definition) is 4. The van der Waals surface area contributed by atoms with Crippen LogP contribution in [0.3, 0.4) is 0 Å². The Bertz CT molecular complexity index is 481. The maximum absolute atomic E-state index is 12.0. The Balaban J connectivity index is 2.06. The minimum absolute atomic E-state index is 0.0676. The van der Waals surface area contributed by atoms with Crippen LogP contribution in [0.4, 0.5) is 5.69 Å². The summed E-state index contributed by atoms with van der Waals surface area (Å²) in [7, 11) is -3.52. The number of nitrogens with one attached hydrogen (secondary N) is 1. The molecule has 0 aliphatic heterocycles. The number of rotatable bonds is 4. The van der Waals surface area contributed by atoms with E-state index in [4.69, 9.17) is 5.73 Å². The van der Waals surface area contributed by atoms with Gasteiger partial charge in [-0.3, -0.25) is 4.98 Å². The third kappa shape index (κ3) is 2.95. The molecule has 1 fully saturated rings. The molecule has 0 radical (unpaired) electrons. The molecule has 0 bridgehead atoms. The Morgan fingerprint density at radius 1 is 1.41 bits per heavy atom. The predicted molar refractivity (Wildman–Crippen MR) is 65.8 cm³/mol. The number of nitrogens with two attached hydrogens (primary N) is 1. The molecule has 94 valence electrons. The molecule has 1 aromatic rings. The molecule has 0 unspecified atom stereocenters. The molecule has 0 spiro atoms. The van der Waals surface area contributed by atoms with Crippen molar-refractivity contribution < 1.29 is 8.42 Å². The summed E-state index contributed by atoms with van der Waals surface area (Å²) in [6, 6.07) is 1.49. The van der Waals surface area contributed by atoms with E-state index in [2.05, 4.69) is 9.71 Å². The van der Waals surface area contributed by atoms with Crippen molar-refractivity contribution in [2.24, 2.45) is 5.92 Å². The summed E-state index contributed by atoms with van der Waals surface area (Å²) >= 11 is 0. The van der Waals surface area contributed by atoms with Gasteiger partial charge >= 0.3 is 0 Å². The van der Waals surface area contributed by atoms with Gasteiger partial charge in [-0.1, -0.05) is 12.8 Å². The van der Waals surface area contributed by atoms with E-state index in [1.165, 1.54) is 31.3 Å². The van der Waals surface area contributed by atoms with E-state index in [9.17, 15) is 8.42 Å². The average molecular weight is 255 g/mol. The van der Waals surface area contributed by atoms with E-state index in [0.29, 0.717) is 12.5 Å². The average Bonchev–Trinajstić information content (AvgIpc) is 2.80. The molecule has 0 aromatic carbocycles. The molecule has 0 atom stereocenters. The SMILES string of the molecule is Nc1ccncc1S(=O)(=O)NCC1CCCC1. The second-order valence-electron chi connectivity index (χ2n) is 4.42. The van der Waals surface area contributed by atoms with Crippen molar-refractivity contribution in [2.45, 2.75) is 30.6 Å². The number of sulfonamides is 1. The van der Waals surface area contributed by atoms with Crippen LogP contribution in [0, 0.1) is 5.92 Å². The lowest BCUT2D eigenvalue weighted by atomic mass is 10.1.